The lowest BCUT2D eigenvalue weighted by atomic mass is 10.2. The summed E-state index contributed by atoms with van der Waals surface area (Å²) in [5.41, 5.74) is 12.4. The summed E-state index contributed by atoms with van der Waals surface area (Å²) >= 11 is 0. The number of nitrogen functional groups attached to an aromatic ring is 2. The van der Waals surface area contributed by atoms with E-state index in [4.69, 9.17) is 16.2 Å². The Bertz CT molecular complexity index is 228. The van der Waals surface area contributed by atoms with Gasteiger partial charge in [0.05, 0.1) is 18.0 Å². The van der Waals surface area contributed by atoms with Gasteiger partial charge in [-0.25, -0.2) is 0 Å². The van der Waals surface area contributed by atoms with Gasteiger partial charge in [-0.15, -0.1) is 0 Å². The minimum Gasteiger partial charge on any atom is -0.490 e. The van der Waals surface area contributed by atoms with Crippen molar-refractivity contribution in [1.82, 2.24) is 0 Å². The molecule has 0 aliphatic carbocycles. The summed E-state index contributed by atoms with van der Waals surface area (Å²) in [6.07, 6.45) is 0. The van der Waals surface area contributed by atoms with Crippen LogP contribution in [0.15, 0.2) is 18.2 Å². The van der Waals surface area contributed by atoms with Gasteiger partial charge in [0, 0.05) is 0 Å². The summed E-state index contributed by atoms with van der Waals surface area (Å²) in [4.78, 5) is 0. The van der Waals surface area contributed by atoms with E-state index in [-0.39, 0.29) is 0 Å². The molecule has 3 nitrogen and oxygen atoms in total. The van der Waals surface area contributed by atoms with Crippen LogP contribution in [-0.4, -0.2) is 6.61 Å². The van der Waals surface area contributed by atoms with Crippen molar-refractivity contribution in [2.75, 3.05) is 18.1 Å². The molecule has 0 heterocycles. The molecule has 0 spiro atoms. The summed E-state index contributed by atoms with van der Waals surface area (Å²) in [5, 5.41) is 0. The van der Waals surface area contributed by atoms with Gasteiger partial charge in [-0.05, 0) is 19.1 Å². The molecule has 0 amide bonds. The van der Waals surface area contributed by atoms with Crippen LogP contribution in [0.5, 0.6) is 5.75 Å². The maximum absolute atomic E-state index is 5.60. The van der Waals surface area contributed by atoms with Crippen molar-refractivity contribution in [2.45, 2.75) is 20.8 Å². The highest BCUT2D eigenvalue weighted by atomic mass is 16.5. The number of nitrogens with two attached hydrogens (primary N) is 2. The molecular weight excluding hydrogens is 164 g/mol. The van der Waals surface area contributed by atoms with Crippen LogP contribution in [0, 0.1) is 0 Å². The van der Waals surface area contributed by atoms with Gasteiger partial charge in [0.2, 0.25) is 0 Å². The highest BCUT2D eigenvalue weighted by Crippen LogP contribution is 2.27. The molecule has 13 heavy (non-hydrogen) atoms. The number of rotatable bonds is 2. The Kier molecular flexibility index (Phi) is 5.52. The third-order valence-electron chi connectivity index (χ3n) is 1.36. The third-order valence-corrected chi connectivity index (χ3v) is 1.36. The lowest BCUT2D eigenvalue weighted by Gasteiger charge is -2.08. The molecule has 1 aromatic rings. The Labute approximate surface area is 79.7 Å². The zero-order valence-corrected chi connectivity index (χ0v) is 8.50. The molecule has 0 aliphatic rings. The molecule has 4 N–H and O–H groups in total. The predicted octanol–water partition coefficient (Wildman–Crippen LogP) is 2.28. The Morgan fingerprint density at radius 1 is 1.15 bits per heavy atom. The molecule has 1 aromatic carbocycles. The van der Waals surface area contributed by atoms with E-state index in [0.29, 0.717) is 23.7 Å². The van der Waals surface area contributed by atoms with E-state index in [0.717, 1.165) is 0 Å². The molecule has 0 fully saturated rings. The quantitative estimate of drug-likeness (QED) is 0.690. The molecule has 74 valence electrons. The van der Waals surface area contributed by atoms with E-state index in [1.807, 2.05) is 20.8 Å². The summed E-state index contributed by atoms with van der Waals surface area (Å²) in [6, 6.07) is 5.33. The second-order valence-corrected chi connectivity index (χ2v) is 2.20. The van der Waals surface area contributed by atoms with Crippen molar-refractivity contribution in [1.29, 1.82) is 0 Å². The fourth-order valence-electron chi connectivity index (χ4n) is 0.884. The first-order valence-corrected chi connectivity index (χ1v) is 4.52. The minimum absolute atomic E-state index is 0.582. The highest BCUT2D eigenvalue weighted by Gasteiger charge is 2.01. The maximum atomic E-state index is 5.60. The second kappa shape index (κ2) is 6.17. The molecule has 0 atom stereocenters. The van der Waals surface area contributed by atoms with Crippen LogP contribution >= 0.6 is 0 Å². The average Bonchev–Trinajstić information content (AvgIpc) is 2.15. The second-order valence-electron chi connectivity index (χ2n) is 2.20. The zero-order chi connectivity index (χ0) is 10.3. The van der Waals surface area contributed by atoms with Crippen LogP contribution in [0.2, 0.25) is 0 Å². The first-order valence-electron chi connectivity index (χ1n) is 4.52. The van der Waals surface area contributed by atoms with Crippen LogP contribution in [0.4, 0.5) is 11.4 Å². The summed E-state index contributed by atoms with van der Waals surface area (Å²) < 4.78 is 5.22. The molecule has 0 radical (unpaired) electrons. The molecule has 0 aromatic heterocycles. The van der Waals surface area contributed by atoms with Crippen LogP contribution in [0.25, 0.3) is 0 Å². The Morgan fingerprint density at radius 3 is 2.00 bits per heavy atom. The predicted molar refractivity (Wildman–Crippen MR) is 57.8 cm³/mol. The van der Waals surface area contributed by atoms with Crippen molar-refractivity contribution in [2.24, 2.45) is 0 Å². The van der Waals surface area contributed by atoms with Gasteiger partial charge in [0.1, 0.15) is 0 Å². The van der Waals surface area contributed by atoms with E-state index in [2.05, 4.69) is 0 Å². The largest absolute Gasteiger partial charge is 0.490 e. The molecule has 3 heteroatoms. The zero-order valence-electron chi connectivity index (χ0n) is 8.50. The molecule has 0 aliphatic heterocycles. The molecular formula is C10H18N2O. The van der Waals surface area contributed by atoms with E-state index in [9.17, 15) is 0 Å². The van der Waals surface area contributed by atoms with E-state index in [1.165, 1.54) is 0 Å². The van der Waals surface area contributed by atoms with Crippen molar-refractivity contribution < 1.29 is 4.74 Å². The Balaban J connectivity index is 0.000000671. The van der Waals surface area contributed by atoms with Crippen LogP contribution in [0.1, 0.15) is 20.8 Å². The third kappa shape index (κ3) is 3.23. The van der Waals surface area contributed by atoms with E-state index in [1.54, 1.807) is 18.2 Å². The van der Waals surface area contributed by atoms with Gasteiger partial charge in [-0.3, -0.25) is 0 Å². The van der Waals surface area contributed by atoms with Crippen LogP contribution < -0.4 is 16.2 Å². The van der Waals surface area contributed by atoms with Crippen molar-refractivity contribution >= 4 is 11.4 Å². The van der Waals surface area contributed by atoms with Gasteiger partial charge in [0.25, 0.3) is 0 Å². The molecule has 0 saturated carbocycles. The lowest BCUT2D eigenvalue weighted by Crippen LogP contribution is -2.00. The monoisotopic (exact) mass is 182 g/mol. The molecule has 1 rings (SSSR count). The number of benzene rings is 1. The topological polar surface area (TPSA) is 61.3 Å². The van der Waals surface area contributed by atoms with Gasteiger partial charge in [-0.1, -0.05) is 19.9 Å². The number of hydrogen-bond donors (Lipinski definition) is 2. The highest BCUT2D eigenvalue weighted by molar-refractivity contribution is 5.66. The minimum atomic E-state index is 0.582. The summed E-state index contributed by atoms with van der Waals surface area (Å²) in [5.74, 6) is 0.593. The van der Waals surface area contributed by atoms with Gasteiger partial charge >= 0.3 is 0 Å². The van der Waals surface area contributed by atoms with Crippen molar-refractivity contribution in [3.63, 3.8) is 0 Å². The average molecular weight is 182 g/mol. The smallest absolute Gasteiger partial charge is 0.164 e. The van der Waals surface area contributed by atoms with E-state index < -0.39 is 0 Å². The number of para-hydroxylation sites is 1. The van der Waals surface area contributed by atoms with Crippen molar-refractivity contribution in [3.05, 3.63) is 18.2 Å². The fourth-order valence-corrected chi connectivity index (χ4v) is 0.884. The molecule has 0 unspecified atom stereocenters. The fraction of sp³-hybridized carbons (Fsp3) is 0.400. The number of hydrogen-bond acceptors (Lipinski definition) is 3. The first kappa shape index (κ1) is 11.6. The number of ether oxygens (including phenoxy) is 1. The normalized spacial score (nSPS) is 8.54. The van der Waals surface area contributed by atoms with Gasteiger partial charge < -0.3 is 16.2 Å². The van der Waals surface area contributed by atoms with E-state index >= 15 is 0 Å². The van der Waals surface area contributed by atoms with Crippen molar-refractivity contribution in [3.8, 4) is 5.75 Å². The van der Waals surface area contributed by atoms with Gasteiger partial charge in [0.15, 0.2) is 5.75 Å². The maximum Gasteiger partial charge on any atom is 0.164 e. The van der Waals surface area contributed by atoms with Gasteiger partial charge in [-0.2, -0.15) is 0 Å². The Morgan fingerprint density at radius 2 is 1.62 bits per heavy atom. The SMILES string of the molecule is CC.CCOc1c(N)cccc1N. The first-order chi connectivity index (χ1) is 6.25. The standard InChI is InChI=1S/C8H12N2O.C2H6/c1-2-11-8-6(9)4-3-5-7(8)10;1-2/h3-5H,2,9-10H2,1H3;1-2H3. The molecule has 0 bridgehead atoms. The van der Waals surface area contributed by atoms with Crippen LogP contribution in [-0.2, 0) is 0 Å². The Hall–Kier alpha value is -1.38. The summed E-state index contributed by atoms with van der Waals surface area (Å²) in [6.45, 7) is 6.48. The van der Waals surface area contributed by atoms with Crippen LogP contribution in [0.3, 0.4) is 0 Å². The number of anilines is 2. The lowest BCUT2D eigenvalue weighted by molar-refractivity contribution is 0.344. The summed E-state index contributed by atoms with van der Waals surface area (Å²) in [7, 11) is 0. The molecule has 0 saturated heterocycles.